The Bertz CT molecular complexity index is 1070. The largest absolute Gasteiger partial charge is 0.292 e. The molecule has 0 radical (unpaired) electrons. The Morgan fingerprint density at radius 3 is 2.76 bits per heavy atom. The number of carbonyl (C=O) groups excluding carboxylic acids is 1. The molecule has 1 atom stereocenters. The molecule has 0 aliphatic carbocycles. The topological polar surface area (TPSA) is 83.5 Å². The number of aromatic nitrogens is 2. The number of rotatable bonds is 4. The maximum Gasteiger partial charge on any atom is 0.233 e. The maximum absolute atomic E-state index is 13.6. The molecular formula is C20H23FN4O3S. The van der Waals surface area contributed by atoms with Crippen LogP contribution < -0.4 is 4.90 Å². The molecule has 1 fully saturated rings. The first kappa shape index (κ1) is 19.9. The number of piperidine rings is 1. The van der Waals surface area contributed by atoms with Gasteiger partial charge in [-0.3, -0.25) is 9.69 Å². The number of hydrogen-bond donors (Lipinski definition) is 0. The van der Waals surface area contributed by atoms with E-state index in [0.29, 0.717) is 35.9 Å². The van der Waals surface area contributed by atoms with Crippen molar-refractivity contribution in [1.82, 2.24) is 14.3 Å². The summed E-state index contributed by atoms with van der Waals surface area (Å²) in [5, 5.41) is 0. The van der Waals surface area contributed by atoms with Crippen LogP contribution in [0.5, 0.6) is 0 Å². The van der Waals surface area contributed by atoms with Gasteiger partial charge in [0.1, 0.15) is 17.5 Å². The van der Waals surface area contributed by atoms with E-state index in [1.807, 2.05) is 6.92 Å². The number of amides is 1. The van der Waals surface area contributed by atoms with E-state index in [2.05, 4.69) is 9.97 Å². The summed E-state index contributed by atoms with van der Waals surface area (Å²) in [6, 6.07) is 5.68. The van der Waals surface area contributed by atoms with Gasteiger partial charge in [-0.05, 0) is 37.5 Å². The maximum atomic E-state index is 13.6. The lowest BCUT2D eigenvalue weighted by molar-refractivity contribution is -0.117. The molecule has 0 N–H and O–H groups in total. The molecule has 2 aromatic rings. The van der Waals surface area contributed by atoms with E-state index in [0.717, 1.165) is 18.4 Å². The van der Waals surface area contributed by atoms with E-state index in [1.165, 1.54) is 27.6 Å². The molecule has 0 spiro atoms. The zero-order chi connectivity index (χ0) is 20.8. The first-order chi connectivity index (χ1) is 13.7. The summed E-state index contributed by atoms with van der Waals surface area (Å²) < 4.78 is 39.5. The number of fused-ring (bicyclic) bond motifs is 1. The molecule has 3 heterocycles. The fourth-order valence-corrected chi connectivity index (χ4v) is 5.21. The van der Waals surface area contributed by atoms with E-state index >= 15 is 0 Å². The van der Waals surface area contributed by atoms with Gasteiger partial charge in [-0.1, -0.05) is 18.6 Å². The van der Waals surface area contributed by atoms with Gasteiger partial charge in [0.15, 0.2) is 0 Å². The molecule has 4 rings (SSSR count). The van der Waals surface area contributed by atoms with Crippen LogP contribution in [-0.4, -0.2) is 41.4 Å². The van der Waals surface area contributed by atoms with E-state index in [1.54, 1.807) is 12.1 Å². The Hall–Kier alpha value is -2.39. The van der Waals surface area contributed by atoms with Crippen LogP contribution in [0.4, 0.5) is 10.2 Å². The van der Waals surface area contributed by atoms with Gasteiger partial charge in [0.25, 0.3) is 0 Å². The molecule has 2 aliphatic rings. The van der Waals surface area contributed by atoms with Crippen molar-refractivity contribution in [2.75, 3.05) is 17.7 Å². The van der Waals surface area contributed by atoms with Gasteiger partial charge in [0.2, 0.25) is 15.9 Å². The van der Waals surface area contributed by atoms with Crippen molar-refractivity contribution in [2.45, 2.75) is 45.2 Å². The van der Waals surface area contributed by atoms with Crippen molar-refractivity contribution in [2.24, 2.45) is 0 Å². The molecule has 0 unspecified atom stereocenters. The van der Waals surface area contributed by atoms with Crippen molar-refractivity contribution in [3.8, 4) is 0 Å². The zero-order valence-corrected chi connectivity index (χ0v) is 17.2. The SMILES string of the molecule is Cc1nc([C@H]2CCCCN2S(C)(=O)=O)nc2c1CC(=O)N2Cc1cccc(F)c1. The average Bonchev–Trinajstić information content (AvgIpc) is 2.97. The predicted molar refractivity (Wildman–Crippen MR) is 106 cm³/mol. The third-order valence-electron chi connectivity index (χ3n) is 5.50. The number of halogens is 1. The summed E-state index contributed by atoms with van der Waals surface area (Å²) in [5.74, 6) is 0.438. The van der Waals surface area contributed by atoms with Gasteiger partial charge in [0, 0.05) is 17.8 Å². The second kappa shape index (κ2) is 7.46. The lowest BCUT2D eigenvalue weighted by Crippen LogP contribution is -2.38. The summed E-state index contributed by atoms with van der Waals surface area (Å²) >= 11 is 0. The van der Waals surface area contributed by atoms with Crippen molar-refractivity contribution < 1.29 is 17.6 Å². The lowest BCUT2D eigenvalue weighted by atomic mass is 10.0. The third-order valence-corrected chi connectivity index (χ3v) is 6.79. The molecule has 1 saturated heterocycles. The van der Waals surface area contributed by atoms with Gasteiger partial charge in [-0.25, -0.2) is 22.8 Å². The fraction of sp³-hybridized carbons (Fsp3) is 0.450. The normalized spacial score (nSPS) is 20.2. The van der Waals surface area contributed by atoms with Crippen molar-refractivity contribution >= 4 is 21.7 Å². The molecule has 2 aliphatic heterocycles. The number of benzene rings is 1. The molecule has 1 amide bonds. The van der Waals surface area contributed by atoms with Gasteiger partial charge >= 0.3 is 0 Å². The van der Waals surface area contributed by atoms with Crippen LogP contribution in [0.15, 0.2) is 24.3 Å². The Labute approximate surface area is 169 Å². The van der Waals surface area contributed by atoms with Gasteiger partial charge in [0.05, 0.1) is 25.3 Å². The highest BCUT2D eigenvalue weighted by molar-refractivity contribution is 7.88. The smallest absolute Gasteiger partial charge is 0.233 e. The minimum Gasteiger partial charge on any atom is -0.292 e. The van der Waals surface area contributed by atoms with Crippen LogP contribution in [-0.2, 0) is 27.8 Å². The van der Waals surface area contributed by atoms with E-state index in [4.69, 9.17) is 0 Å². The molecule has 29 heavy (non-hydrogen) atoms. The molecule has 9 heteroatoms. The van der Waals surface area contributed by atoms with Crippen molar-refractivity contribution in [3.05, 3.63) is 52.7 Å². The number of carbonyl (C=O) groups is 1. The van der Waals surface area contributed by atoms with E-state index in [-0.39, 0.29) is 24.7 Å². The van der Waals surface area contributed by atoms with Crippen LogP contribution in [0.2, 0.25) is 0 Å². The highest BCUT2D eigenvalue weighted by atomic mass is 32.2. The molecular weight excluding hydrogens is 395 g/mol. The van der Waals surface area contributed by atoms with Gasteiger partial charge in [-0.15, -0.1) is 0 Å². The molecule has 1 aromatic carbocycles. The zero-order valence-electron chi connectivity index (χ0n) is 16.4. The Balaban J connectivity index is 1.72. The van der Waals surface area contributed by atoms with Crippen LogP contribution in [0.3, 0.4) is 0 Å². The number of sulfonamides is 1. The van der Waals surface area contributed by atoms with Crippen molar-refractivity contribution in [1.29, 1.82) is 0 Å². The van der Waals surface area contributed by atoms with Crippen LogP contribution in [0.1, 0.15) is 47.9 Å². The Kier molecular flexibility index (Phi) is 5.12. The minimum atomic E-state index is -3.40. The number of aryl methyl sites for hydroxylation is 1. The van der Waals surface area contributed by atoms with Crippen LogP contribution in [0, 0.1) is 12.7 Å². The van der Waals surface area contributed by atoms with E-state index in [9.17, 15) is 17.6 Å². The average molecular weight is 418 g/mol. The summed E-state index contributed by atoms with van der Waals surface area (Å²) in [6.07, 6.45) is 3.73. The highest BCUT2D eigenvalue weighted by Gasteiger charge is 2.36. The summed E-state index contributed by atoms with van der Waals surface area (Å²) in [6.45, 7) is 2.46. The number of hydrogen-bond acceptors (Lipinski definition) is 5. The van der Waals surface area contributed by atoms with Gasteiger partial charge < -0.3 is 0 Å². The highest BCUT2D eigenvalue weighted by Crippen LogP contribution is 2.35. The summed E-state index contributed by atoms with van der Waals surface area (Å²) in [4.78, 5) is 23.4. The third kappa shape index (κ3) is 3.89. The first-order valence-electron chi connectivity index (χ1n) is 9.63. The van der Waals surface area contributed by atoms with Gasteiger partial charge in [-0.2, -0.15) is 4.31 Å². The predicted octanol–water partition coefficient (Wildman–Crippen LogP) is 2.50. The molecule has 7 nitrogen and oxygen atoms in total. The van der Waals surface area contributed by atoms with Crippen LogP contribution >= 0.6 is 0 Å². The minimum absolute atomic E-state index is 0.123. The summed E-state index contributed by atoms with van der Waals surface area (Å²) in [5.41, 5.74) is 2.09. The number of anilines is 1. The molecule has 0 saturated carbocycles. The Morgan fingerprint density at radius 2 is 2.03 bits per heavy atom. The lowest BCUT2D eigenvalue weighted by Gasteiger charge is -2.33. The second-order valence-electron chi connectivity index (χ2n) is 7.64. The molecule has 0 bridgehead atoms. The van der Waals surface area contributed by atoms with E-state index < -0.39 is 16.1 Å². The standard InChI is InChI=1S/C20H23FN4O3S/c1-13-16-11-18(26)24(12-14-6-5-7-15(21)10-14)20(16)23-19(22-13)17-8-3-4-9-25(17)29(2,27)28/h5-7,10,17H,3-4,8-9,11-12H2,1-2H3/t17-/m1/s1. The molecule has 1 aromatic heterocycles. The monoisotopic (exact) mass is 418 g/mol. The van der Waals surface area contributed by atoms with Crippen molar-refractivity contribution in [3.63, 3.8) is 0 Å². The first-order valence-corrected chi connectivity index (χ1v) is 11.5. The molecule has 154 valence electrons. The summed E-state index contributed by atoms with van der Waals surface area (Å²) in [7, 11) is -3.40. The van der Waals surface area contributed by atoms with Crippen LogP contribution in [0.25, 0.3) is 0 Å². The number of nitrogens with zero attached hydrogens (tertiary/aromatic N) is 4. The fourth-order valence-electron chi connectivity index (χ4n) is 4.09. The Morgan fingerprint density at radius 1 is 1.24 bits per heavy atom. The second-order valence-corrected chi connectivity index (χ2v) is 9.58. The quantitative estimate of drug-likeness (QED) is 0.762.